The van der Waals surface area contributed by atoms with Gasteiger partial charge in [0.15, 0.2) is 0 Å². The summed E-state index contributed by atoms with van der Waals surface area (Å²) in [5, 5.41) is 1.14. The van der Waals surface area contributed by atoms with Crippen molar-refractivity contribution in [1.82, 2.24) is 0 Å². The van der Waals surface area contributed by atoms with E-state index in [0.717, 1.165) is 16.9 Å². The lowest BCUT2D eigenvalue weighted by Crippen LogP contribution is -1.88. The van der Waals surface area contributed by atoms with Crippen LogP contribution < -0.4 is 0 Å². The quantitative estimate of drug-likeness (QED) is 0.470. The summed E-state index contributed by atoms with van der Waals surface area (Å²) < 4.78 is 0. The molecule has 0 N–H and O–H groups in total. The molecule has 1 fully saturated rings. The standard InChI is InChI=1S/C7H9Cl/c8-7-4-5-1-2-6(7)3-5/h4-6H,1-3H2. The molecule has 0 aliphatic heterocycles. The number of hydrogen-bond donors (Lipinski definition) is 0. The van der Waals surface area contributed by atoms with E-state index in [1.165, 1.54) is 19.3 Å². The highest BCUT2D eigenvalue weighted by Gasteiger charge is 2.31. The van der Waals surface area contributed by atoms with Gasteiger partial charge in [-0.05, 0) is 31.1 Å². The highest BCUT2D eigenvalue weighted by Crippen LogP contribution is 2.44. The second-order valence-electron chi connectivity index (χ2n) is 2.82. The fourth-order valence-electron chi connectivity index (χ4n) is 1.78. The topological polar surface area (TPSA) is 0 Å². The van der Waals surface area contributed by atoms with Crippen LogP contribution in [0.25, 0.3) is 0 Å². The summed E-state index contributed by atoms with van der Waals surface area (Å²) in [7, 11) is 0. The fourth-order valence-corrected chi connectivity index (χ4v) is 2.16. The van der Waals surface area contributed by atoms with Crippen LogP contribution in [0.15, 0.2) is 11.1 Å². The van der Waals surface area contributed by atoms with Crippen molar-refractivity contribution in [1.29, 1.82) is 0 Å². The van der Waals surface area contributed by atoms with Crippen LogP contribution in [0.1, 0.15) is 19.3 Å². The van der Waals surface area contributed by atoms with Gasteiger partial charge in [-0.15, -0.1) is 0 Å². The molecule has 0 aromatic carbocycles. The molecule has 2 aliphatic carbocycles. The lowest BCUT2D eigenvalue weighted by molar-refractivity contribution is 0.684. The maximum atomic E-state index is 5.87. The number of halogens is 1. The van der Waals surface area contributed by atoms with E-state index in [9.17, 15) is 0 Å². The van der Waals surface area contributed by atoms with Crippen molar-refractivity contribution < 1.29 is 0 Å². The van der Waals surface area contributed by atoms with Gasteiger partial charge in [0, 0.05) is 5.03 Å². The summed E-state index contributed by atoms with van der Waals surface area (Å²) in [4.78, 5) is 0. The van der Waals surface area contributed by atoms with E-state index in [1.54, 1.807) is 0 Å². The molecule has 0 saturated heterocycles. The molecule has 1 heteroatoms. The van der Waals surface area contributed by atoms with E-state index in [0.29, 0.717) is 0 Å². The third-order valence-electron chi connectivity index (χ3n) is 2.26. The molecule has 1 saturated carbocycles. The Bertz CT molecular complexity index is 137. The van der Waals surface area contributed by atoms with Crippen LogP contribution in [0, 0.1) is 11.8 Å². The SMILES string of the molecule is ClC1=CC2CCC1C2. The van der Waals surface area contributed by atoms with E-state index >= 15 is 0 Å². The molecule has 2 atom stereocenters. The van der Waals surface area contributed by atoms with Crippen molar-refractivity contribution in [2.45, 2.75) is 19.3 Å². The van der Waals surface area contributed by atoms with E-state index < -0.39 is 0 Å². The smallest absolute Gasteiger partial charge is 0.0175 e. The highest BCUT2D eigenvalue weighted by atomic mass is 35.5. The van der Waals surface area contributed by atoms with Crippen LogP contribution in [-0.4, -0.2) is 0 Å². The number of rotatable bonds is 0. The Labute approximate surface area is 54.5 Å². The first-order chi connectivity index (χ1) is 3.86. The van der Waals surface area contributed by atoms with Gasteiger partial charge in [-0.1, -0.05) is 17.7 Å². The maximum Gasteiger partial charge on any atom is 0.0175 e. The Morgan fingerprint density at radius 2 is 2.38 bits per heavy atom. The maximum absolute atomic E-state index is 5.87. The van der Waals surface area contributed by atoms with Crippen molar-refractivity contribution in [3.63, 3.8) is 0 Å². The second kappa shape index (κ2) is 1.51. The largest absolute Gasteiger partial charge is 0.0892 e. The fraction of sp³-hybridized carbons (Fsp3) is 0.714. The predicted molar refractivity (Wildman–Crippen MR) is 34.8 cm³/mol. The van der Waals surface area contributed by atoms with Crippen LogP contribution in [0.4, 0.5) is 0 Å². The highest BCUT2D eigenvalue weighted by molar-refractivity contribution is 6.30. The zero-order valence-corrected chi connectivity index (χ0v) is 5.49. The summed E-state index contributed by atoms with van der Waals surface area (Å²) in [6.07, 6.45) is 6.31. The van der Waals surface area contributed by atoms with Gasteiger partial charge in [0.25, 0.3) is 0 Å². The first kappa shape index (κ1) is 4.87. The molecule has 0 nitrogen and oxygen atoms in total. The molecule has 2 unspecified atom stereocenters. The lowest BCUT2D eigenvalue weighted by atomic mass is 10.1. The molecular weight excluding hydrogens is 120 g/mol. The molecule has 2 bridgehead atoms. The third kappa shape index (κ3) is 0.526. The van der Waals surface area contributed by atoms with Crippen LogP contribution in [0.3, 0.4) is 0 Å². The van der Waals surface area contributed by atoms with Gasteiger partial charge in [0.1, 0.15) is 0 Å². The zero-order valence-electron chi connectivity index (χ0n) is 4.73. The minimum atomic E-state index is 0.765. The molecule has 8 heavy (non-hydrogen) atoms. The molecule has 0 radical (unpaired) electrons. The van der Waals surface area contributed by atoms with Gasteiger partial charge < -0.3 is 0 Å². The molecule has 44 valence electrons. The van der Waals surface area contributed by atoms with Gasteiger partial charge in [-0.2, -0.15) is 0 Å². The summed E-state index contributed by atoms with van der Waals surface area (Å²) in [6, 6.07) is 0. The zero-order chi connectivity index (χ0) is 5.56. The van der Waals surface area contributed by atoms with Gasteiger partial charge in [-0.3, -0.25) is 0 Å². The Morgan fingerprint density at radius 3 is 2.62 bits per heavy atom. The molecule has 0 heterocycles. The van der Waals surface area contributed by atoms with Crippen molar-refractivity contribution >= 4 is 11.6 Å². The van der Waals surface area contributed by atoms with Crippen LogP contribution in [-0.2, 0) is 0 Å². The van der Waals surface area contributed by atoms with Crippen molar-refractivity contribution in [3.8, 4) is 0 Å². The van der Waals surface area contributed by atoms with Crippen LogP contribution in [0.5, 0.6) is 0 Å². The monoisotopic (exact) mass is 128 g/mol. The lowest BCUT2D eigenvalue weighted by Gasteiger charge is -2.03. The Balaban J connectivity index is 2.29. The van der Waals surface area contributed by atoms with Crippen molar-refractivity contribution in [2.75, 3.05) is 0 Å². The Hall–Kier alpha value is 0.0300. The minimum Gasteiger partial charge on any atom is -0.0892 e. The number of fused-ring (bicyclic) bond motifs is 2. The number of hydrogen-bond acceptors (Lipinski definition) is 0. The molecule has 0 spiro atoms. The summed E-state index contributed by atoms with van der Waals surface area (Å²) in [5.41, 5.74) is 0. The van der Waals surface area contributed by atoms with Crippen molar-refractivity contribution in [2.24, 2.45) is 11.8 Å². The van der Waals surface area contributed by atoms with E-state index in [1.807, 2.05) is 0 Å². The van der Waals surface area contributed by atoms with Crippen LogP contribution >= 0.6 is 11.6 Å². The number of allylic oxidation sites excluding steroid dienone is 2. The summed E-state index contributed by atoms with van der Waals surface area (Å²) in [6.45, 7) is 0. The second-order valence-corrected chi connectivity index (χ2v) is 3.26. The summed E-state index contributed by atoms with van der Waals surface area (Å²) >= 11 is 5.87. The molecular formula is C7H9Cl. The molecule has 2 aliphatic rings. The summed E-state index contributed by atoms with van der Waals surface area (Å²) in [5.74, 6) is 1.62. The van der Waals surface area contributed by atoms with Gasteiger partial charge in [0.2, 0.25) is 0 Å². The normalized spacial score (nSPS) is 42.9. The molecule has 2 rings (SSSR count). The van der Waals surface area contributed by atoms with Crippen molar-refractivity contribution in [3.05, 3.63) is 11.1 Å². The first-order valence-electron chi connectivity index (χ1n) is 3.23. The average molecular weight is 129 g/mol. The minimum absolute atomic E-state index is 0.765. The van der Waals surface area contributed by atoms with E-state index in [4.69, 9.17) is 11.6 Å². The van der Waals surface area contributed by atoms with Crippen LogP contribution in [0.2, 0.25) is 0 Å². The molecule has 0 amide bonds. The van der Waals surface area contributed by atoms with Gasteiger partial charge in [0.05, 0.1) is 0 Å². The first-order valence-corrected chi connectivity index (χ1v) is 3.61. The van der Waals surface area contributed by atoms with E-state index in [-0.39, 0.29) is 0 Å². The van der Waals surface area contributed by atoms with Gasteiger partial charge >= 0.3 is 0 Å². The predicted octanol–water partition coefficient (Wildman–Crippen LogP) is 2.54. The Kier molecular flexibility index (Phi) is 0.916. The third-order valence-corrected chi connectivity index (χ3v) is 2.69. The van der Waals surface area contributed by atoms with E-state index in [2.05, 4.69) is 6.08 Å². The Morgan fingerprint density at radius 1 is 1.50 bits per heavy atom. The average Bonchev–Trinajstić information content (AvgIpc) is 2.23. The molecule has 0 aromatic heterocycles. The van der Waals surface area contributed by atoms with Gasteiger partial charge in [-0.25, -0.2) is 0 Å². The molecule has 0 aromatic rings.